The number of hydrogen-bond donors (Lipinski definition) is 1. The molecule has 2 heterocycles. The molecule has 2 aliphatic rings. The van der Waals surface area contributed by atoms with Crippen molar-refractivity contribution in [2.45, 2.75) is 57.0 Å². The second-order valence-corrected chi connectivity index (χ2v) is 7.98. The van der Waals surface area contributed by atoms with E-state index >= 15 is 0 Å². The van der Waals surface area contributed by atoms with Crippen molar-refractivity contribution in [3.63, 3.8) is 0 Å². The molecule has 2 aliphatic heterocycles. The van der Waals surface area contributed by atoms with Crippen LogP contribution in [0.15, 0.2) is 0 Å². The number of carboxylic acid groups (broad SMARTS) is 1. The van der Waals surface area contributed by atoms with Crippen LogP contribution in [0.4, 0.5) is 0 Å². The number of hydrogen-bond acceptors (Lipinski definition) is 4. The average molecular weight is 289 g/mol. The number of sulfone groups is 1. The van der Waals surface area contributed by atoms with Crippen LogP contribution in [0.5, 0.6) is 0 Å². The molecule has 0 aromatic carbocycles. The van der Waals surface area contributed by atoms with E-state index < -0.39 is 21.8 Å². The SMILES string of the molecule is O=C(O)C1CCCCCCN1C1CCS(=O)(=O)CC1. The molecule has 0 spiro atoms. The van der Waals surface area contributed by atoms with Crippen LogP contribution in [-0.4, -0.2) is 54.5 Å². The van der Waals surface area contributed by atoms with E-state index in [2.05, 4.69) is 4.90 Å². The highest BCUT2D eigenvalue weighted by Crippen LogP contribution is 2.25. The molecule has 1 unspecified atom stereocenters. The zero-order valence-electron chi connectivity index (χ0n) is 11.3. The molecular formula is C13H23NO4S. The fourth-order valence-corrected chi connectivity index (χ4v) is 4.69. The fourth-order valence-electron chi connectivity index (χ4n) is 3.22. The lowest BCUT2D eigenvalue weighted by molar-refractivity contribution is -0.145. The van der Waals surface area contributed by atoms with Gasteiger partial charge in [0.25, 0.3) is 0 Å². The summed E-state index contributed by atoms with van der Waals surface area (Å²) in [6, 6.07) is -0.297. The van der Waals surface area contributed by atoms with E-state index in [0.717, 1.165) is 32.2 Å². The quantitative estimate of drug-likeness (QED) is 0.829. The summed E-state index contributed by atoms with van der Waals surface area (Å²) in [5.74, 6) is -0.337. The van der Waals surface area contributed by atoms with Crippen LogP contribution >= 0.6 is 0 Å². The normalized spacial score (nSPS) is 30.4. The Hall–Kier alpha value is -0.620. The maximum absolute atomic E-state index is 11.5. The first-order valence-electron chi connectivity index (χ1n) is 7.18. The zero-order valence-corrected chi connectivity index (χ0v) is 12.1. The van der Waals surface area contributed by atoms with Gasteiger partial charge >= 0.3 is 5.97 Å². The number of rotatable bonds is 2. The first-order chi connectivity index (χ1) is 8.99. The van der Waals surface area contributed by atoms with Crippen molar-refractivity contribution in [3.8, 4) is 0 Å². The van der Waals surface area contributed by atoms with Gasteiger partial charge in [0.05, 0.1) is 11.5 Å². The highest BCUT2D eigenvalue weighted by Gasteiger charge is 2.34. The number of carboxylic acids is 1. The van der Waals surface area contributed by atoms with Crippen LogP contribution < -0.4 is 0 Å². The number of nitrogens with zero attached hydrogens (tertiary/aromatic N) is 1. The van der Waals surface area contributed by atoms with Crippen LogP contribution in [0.2, 0.25) is 0 Å². The van der Waals surface area contributed by atoms with E-state index in [-0.39, 0.29) is 17.5 Å². The van der Waals surface area contributed by atoms with Gasteiger partial charge < -0.3 is 5.11 Å². The van der Waals surface area contributed by atoms with Gasteiger partial charge in [-0.25, -0.2) is 8.42 Å². The predicted molar refractivity (Wildman–Crippen MR) is 72.9 cm³/mol. The summed E-state index contributed by atoms with van der Waals surface area (Å²) in [5, 5.41) is 9.40. The monoisotopic (exact) mass is 289 g/mol. The molecule has 1 atom stereocenters. The lowest BCUT2D eigenvalue weighted by Gasteiger charge is -2.39. The van der Waals surface area contributed by atoms with Gasteiger partial charge in [-0.15, -0.1) is 0 Å². The molecule has 0 aromatic rings. The summed E-state index contributed by atoms with van der Waals surface area (Å²) in [5.41, 5.74) is 0. The molecule has 2 saturated heterocycles. The summed E-state index contributed by atoms with van der Waals surface area (Å²) in [6.45, 7) is 0.793. The molecule has 0 aromatic heterocycles. The number of aliphatic carboxylic acids is 1. The molecule has 1 N–H and O–H groups in total. The minimum atomic E-state index is -2.88. The Kier molecular flexibility index (Phi) is 4.84. The van der Waals surface area contributed by atoms with Crippen molar-refractivity contribution in [1.82, 2.24) is 4.90 Å². The Morgan fingerprint density at radius 3 is 2.26 bits per heavy atom. The summed E-state index contributed by atoms with van der Waals surface area (Å²) in [7, 11) is -2.88. The van der Waals surface area contributed by atoms with E-state index in [4.69, 9.17) is 0 Å². The third kappa shape index (κ3) is 3.92. The van der Waals surface area contributed by atoms with Gasteiger partial charge in [0.15, 0.2) is 0 Å². The number of likely N-dealkylation sites (tertiary alicyclic amines) is 1. The van der Waals surface area contributed by atoms with Crippen molar-refractivity contribution < 1.29 is 18.3 Å². The molecule has 2 fully saturated rings. The van der Waals surface area contributed by atoms with E-state index in [1.165, 1.54) is 0 Å². The van der Waals surface area contributed by atoms with Crippen molar-refractivity contribution in [1.29, 1.82) is 0 Å². The Morgan fingerprint density at radius 1 is 1.00 bits per heavy atom. The highest BCUT2D eigenvalue weighted by atomic mass is 32.2. The second kappa shape index (κ2) is 6.22. The van der Waals surface area contributed by atoms with Gasteiger partial charge in [0.2, 0.25) is 0 Å². The van der Waals surface area contributed by atoms with Crippen LogP contribution in [-0.2, 0) is 14.6 Å². The Morgan fingerprint density at radius 2 is 1.63 bits per heavy atom. The van der Waals surface area contributed by atoms with Crippen molar-refractivity contribution in [2.75, 3.05) is 18.1 Å². The molecule has 110 valence electrons. The Labute approximate surface area is 114 Å². The van der Waals surface area contributed by atoms with Gasteiger partial charge in [0, 0.05) is 6.04 Å². The van der Waals surface area contributed by atoms with Crippen LogP contribution in [0.1, 0.15) is 44.9 Å². The fraction of sp³-hybridized carbons (Fsp3) is 0.923. The lowest BCUT2D eigenvalue weighted by atomic mass is 9.98. The minimum Gasteiger partial charge on any atom is -0.480 e. The second-order valence-electron chi connectivity index (χ2n) is 5.68. The first kappa shape index (κ1) is 14.8. The van der Waals surface area contributed by atoms with Gasteiger partial charge in [-0.05, 0) is 32.2 Å². The Balaban J connectivity index is 2.06. The molecule has 0 amide bonds. The molecule has 19 heavy (non-hydrogen) atoms. The van der Waals surface area contributed by atoms with Gasteiger partial charge in [-0.2, -0.15) is 0 Å². The molecule has 5 nitrogen and oxygen atoms in total. The van der Waals surface area contributed by atoms with Crippen LogP contribution in [0, 0.1) is 0 Å². The predicted octanol–water partition coefficient (Wildman–Crippen LogP) is 1.28. The average Bonchev–Trinajstić information content (AvgIpc) is 2.29. The third-order valence-electron chi connectivity index (χ3n) is 4.32. The van der Waals surface area contributed by atoms with Crippen molar-refractivity contribution >= 4 is 15.8 Å². The maximum Gasteiger partial charge on any atom is 0.320 e. The van der Waals surface area contributed by atoms with Gasteiger partial charge in [-0.1, -0.05) is 19.3 Å². The van der Waals surface area contributed by atoms with Crippen LogP contribution in [0.3, 0.4) is 0 Å². The van der Waals surface area contributed by atoms with Crippen molar-refractivity contribution in [2.24, 2.45) is 0 Å². The Bertz CT molecular complexity index is 406. The largest absolute Gasteiger partial charge is 0.480 e. The molecule has 6 heteroatoms. The number of carbonyl (C=O) groups is 1. The molecule has 0 radical (unpaired) electrons. The molecule has 2 rings (SSSR count). The van der Waals surface area contributed by atoms with Gasteiger partial charge in [0.1, 0.15) is 15.9 Å². The summed E-state index contributed by atoms with van der Waals surface area (Å²) >= 11 is 0. The standard InChI is InChI=1S/C13H23NO4S/c15-13(16)12-5-3-1-2-4-8-14(12)11-6-9-19(17,18)10-7-11/h11-12H,1-10H2,(H,15,16). The molecule has 0 aliphatic carbocycles. The third-order valence-corrected chi connectivity index (χ3v) is 6.04. The van der Waals surface area contributed by atoms with E-state index in [0.29, 0.717) is 19.3 Å². The summed E-state index contributed by atoms with van der Waals surface area (Å²) < 4.78 is 23.0. The molecular weight excluding hydrogens is 266 g/mol. The maximum atomic E-state index is 11.5. The van der Waals surface area contributed by atoms with Crippen molar-refractivity contribution in [3.05, 3.63) is 0 Å². The smallest absolute Gasteiger partial charge is 0.320 e. The highest BCUT2D eigenvalue weighted by molar-refractivity contribution is 7.91. The zero-order chi connectivity index (χ0) is 13.9. The molecule has 0 bridgehead atoms. The summed E-state index contributed by atoms with van der Waals surface area (Å²) in [6.07, 6.45) is 6.10. The van der Waals surface area contributed by atoms with Gasteiger partial charge in [-0.3, -0.25) is 9.69 Å². The van der Waals surface area contributed by atoms with E-state index in [9.17, 15) is 18.3 Å². The van der Waals surface area contributed by atoms with E-state index in [1.807, 2.05) is 0 Å². The summed E-state index contributed by atoms with van der Waals surface area (Å²) in [4.78, 5) is 13.5. The van der Waals surface area contributed by atoms with Crippen LogP contribution in [0.25, 0.3) is 0 Å². The topological polar surface area (TPSA) is 74.7 Å². The van der Waals surface area contributed by atoms with E-state index in [1.54, 1.807) is 0 Å². The minimum absolute atomic E-state index is 0.128. The first-order valence-corrected chi connectivity index (χ1v) is 9.01. The molecule has 0 saturated carbocycles. The lowest BCUT2D eigenvalue weighted by Crippen LogP contribution is -2.50.